The van der Waals surface area contributed by atoms with Crippen LogP contribution in [-0.4, -0.2) is 36.3 Å². The molecule has 0 spiro atoms. The van der Waals surface area contributed by atoms with Crippen LogP contribution in [0.3, 0.4) is 0 Å². The van der Waals surface area contributed by atoms with E-state index in [-0.39, 0.29) is 25.0 Å². The van der Waals surface area contributed by atoms with E-state index in [2.05, 4.69) is 5.32 Å². The van der Waals surface area contributed by atoms with Gasteiger partial charge in [-0.25, -0.2) is 4.79 Å². The standard InChI is InChI=1S/C27H29NO5/c1-18(2)33-25(27(30)31)16-19-11-13-24(32-3)22(15-19)17-28-26(29)14-12-21-9-6-8-20-7-4-5-10-23(20)21/h4-15,18,25H,16-17H2,1-3H3,(H,28,29)(H,30,31). The van der Waals surface area contributed by atoms with Gasteiger partial charge in [0.25, 0.3) is 0 Å². The first kappa shape index (κ1) is 24.0. The van der Waals surface area contributed by atoms with Crippen molar-refractivity contribution in [2.24, 2.45) is 0 Å². The summed E-state index contributed by atoms with van der Waals surface area (Å²) in [6.07, 6.45) is 2.39. The van der Waals surface area contributed by atoms with Crippen molar-refractivity contribution in [1.29, 1.82) is 0 Å². The van der Waals surface area contributed by atoms with Gasteiger partial charge >= 0.3 is 5.97 Å². The van der Waals surface area contributed by atoms with Gasteiger partial charge in [-0.05, 0) is 47.9 Å². The van der Waals surface area contributed by atoms with Crippen molar-refractivity contribution >= 4 is 28.7 Å². The molecule has 0 aromatic heterocycles. The molecule has 2 N–H and O–H groups in total. The second-order valence-electron chi connectivity index (χ2n) is 7.98. The maximum Gasteiger partial charge on any atom is 0.333 e. The first-order valence-corrected chi connectivity index (χ1v) is 10.8. The number of amides is 1. The van der Waals surface area contributed by atoms with Gasteiger partial charge in [-0.15, -0.1) is 0 Å². The fourth-order valence-electron chi connectivity index (χ4n) is 3.64. The van der Waals surface area contributed by atoms with Crippen LogP contribution in [0.5, 0.6) is 5.75 Å². The SMILES string of the molecule is COc1ccc(CC(OC(C)C)C(=O)O)cc1CNC(=O)C=Cc1cccc2ccccc12. The molecule has 6 heteroatoms. The predicted molar refractivity (Wildman–Crippen MR) is 129 cm³/mol. The molecule has 0 aliphatic heterocycles. The number of methoxy groups -OCH3 is 1. The molecular weight excluding hydrogens is 418 g/mol. The number of carbonyl (C=O) groups is 2. The van der Waals surface area contributed by atoms with Crippen LogP contribution in [0.1, 0.15) is 30.5 Å². The summed E-state index contributed by atoms with van der Waals surface area (Å²) in [5.41, 5.74) is 2.52. The molecule has 0 aliphatic carbocycles. The van der Waals surface area contributed by atoms with Crippen molar-refractivity contribution in [3.63, 3.8) is 0 Å². The smallest absolute Gasteiger partial charge is 0.333 e. The van der Waals surface area contributed by atoms with E-state index in [1.165, 1.54) is 6.08 Å². The summed E-state index contributed by atoms with van der Waals surface area (Å²) in [4.78, 5) is 24.0. The number of rotatable bonds is 10. The zero-order chi connectivity index (χ0) is 23.8. The van der Waals surface area contributed by atoms with E-state index in [1.807, 2.05) is 54.6 Å². The Morgan fingerprint density at radius 1 is 1.06 bits per heavy atom. The van der Waals surface area contributed by atoms with Crippen molar-refractivity contribution in [3.05, 3.63) is 83.4 Å². The number of aliphatic carboxylic acids is 1. The van der Waals surface area contributed by atoms with Crippen LogP contribution < -0.4 is 10.1 Å². The lowest BCUT2D eigenvalue weighted by atomic mass is 10.0. The van der Waals surface area contributed by atoms with Crippen molar-refractivity contribution in [3.8, 4) is 5.75 Å². The lowest BCUT2D eigenvalue weighted by Gasteiger charge is -2.17. The van der Waals surface area contributed by atoms with Crippen molar-refractivity contribution in [2.45, 2.75) is 39.0 Å². The van der Waals surface area contributed by atoms with Crippen LogP contribution in [-0.2, 0) is 27.3 Å². The van der Waals surface area contributed by atoms with E-state index in [4.69, 9.17) is 9.47 Å². The minimum Gasteiger partial charge on any atom is -0.496 e. The van der Waals surface area contributed by atoms with Crippen molar-refractivity contribution in [1.82, 2.24) is 5.32 Å². The Morgan fingerprint density at radius 2 is 1.82 bits per heavy atom. The molecule has 33 heavy (non-hydrogen) atoms. The Hall–Kier alpha value is -3.64. The molecule has 0 aliphatic rings. The van der Waals surface area contributed by atoms with E-state index >= 15 is 0 Å². The van der Waals surface area contributed by atoms with Gasteiger partial charge in [0.1, 0.15) is 5.75 Å². The first-order valence-electron chi connectivity index (χ1n) is 10.8. The Labute approximate surface area is 193 Å². The highest BCUT2D eigenvalue weighted by atomic mass is 16.5. The van der Waals surface area contributed by atoms with Gasteiger partial charge in [-0.1, -0.05) is 54.6 Å². The van der Waals surface area contributed by atoms with Crippen LogP contribution in [0.2, 0.25) is 0 Å². The minimum absolute atomic E-state index is 0.198. The normalized spacial score (nSPS) is 12.2. The molecule has 1 atom stereocenters. The number of carboxylic acids is 1. The van der Waals surface area contributed by atoms with E-state index in [1.54, 1.807) is 33.1 Å². The lowest BCUT2D eigenvalue weighted by molar-refractivity contribution is -0.153. The molecule has 0 saturated heterocycles. The Morgan fingerprint density at radius 3 is 2.55 bits per heavy atom. The molecule has 1 amide bonds. The zero-order valence-corrected chi connectivity index (χ0v) is 19.1. The zero-order valence-electron chi connectivity index (χ0n) is 19.1. The maximum atomic E-state index is 12.5. The molecule has 0 radical (unpaired) electrons. The minimum atomic E-state index is -1.01. The van der Waals surface area contributed by atoms with E-state index in [9.17, 15) is 14.7 Å². The monoisotopic (exact) mass is 447 g/mol. The number of carbonyl (C=O) groups excluding carboxylic acids is 1. The third-order valence-electron chi connectivity index (χ3n) is 5.17. The van der Waals surface area contributed by atoms with Crippen molar-refractivity contribution < 1.29 is 24.2 Å². The summed E-state index contributed by atoms with van der Waals surface area (Å²) in [6.45, 7) is 3.85. The quantitative estimate of drug-likeness (QED) is 0.444. The summed E-state index contributed by atoms with van der Waals surface area (Å²) < 4.78 is 10.9. The first-order chi connectivity index (χ1) is 15.9. The fourth-order valence-corrected chi connectivity index (χ4v) is 3.64. The molecular formula is C27H29NO5. The summed E-state index contributed by atoms with van der Waals surface area (Å²) in [7, 11) is 1.56. The second-order valence-corrected chi connectivity index (χ2v) is 7.98. The van der Waals surface area contributed by atoms with Gasteiger partial charge in [0.15, 0.2) is 6.10 Å². The number of nitrogens with one attached hydrogen (secondary N) is 1. The number of hydrogen-bond acceptors (Lipinski definition) is 4. The molecule has 0 fully saturated rings. The van der Waals surface area contributed by atoms with E-state index < -0.39 is 12.1 Å². The summed E-state index contributed by atoms with van der Waals surface area (Å²) in [5.74, 6) is -0.622. The van der Waals surface area contributed by atoms with E-state index in [0.717, 1.165) is 27.5 Å². The summed E-state index contributed by atoms with van der Waals surface area (Å²) >= 11 is 0. The van der Waals surface area contributed by atoms with Crippen LogP contribution in [0.4, 0.5) is 0 Å². The molecule has 1 unspecified atom stereocenters. The molecule has 6 nitrogen and oxygen atoms in total. The van der Waals surface area contributed by atoms with Crippen LogP contribution in [0, 0.1) is 0 Å². The maximum absolute atomic E-state index is 12.5. The van der Waals surface area contributed by atoms with Gasteiger partial charge in [0, 0.05) is 24.6 Å². The number of fused-ring (bicyclic) bond motifs is 1. The van der Waals surface area contributed by atoms with Gasteiger partial charge in [-0.3, -0.25) is 4.79 Å². The highest BCUT2D eigenvalue weighted by Gasteiger charge is 2.20. The van der Waals surface area contributed by atoms with Crippen LogP contribution >= 0.6 is 0 Å². The van der Waals surface area contributed by atoms with Crippen LogP contribution in [0.15, 0.2) is 66.7 Å². The van der Waals surface area contributed by atoms with Gasteiger partial charge < -0.3 is 19.9 Å². The largest absolute Gasteiger partial charge is 0.496 e. The second kappa shape index (κ2) is 11.3. The van der Waals surface area contributed by atoms with E-state index in [0.29, 0.717) is 5.75 Å². The summed E-state index contributed by atoms with van der Waals surface area (Å²) in [6, 6.07) is 19.4. The number of carboxylic acid groups (broad SMARTS) is 1. The van der Waals surface area contributed by atoms with Gasteiger partial charge in [0.2, 0.25) is 5.91 Å². The Balaban J connectivity index is 1.69. The third-order valence-corrected chi connectivity index (χ3v) is 5.17. The molecule has 0 bridgehead atoms. The van der Waals surface area contributed by atoms with Gasteiger partial charge in [0.05, 0.1) is 13.2 Å². The molecule has 3 aromatic rings. The molecule has 3 rings (SSSR count). The highest BCUT2D eigenvalue weighted by molar-refractivity contribution is 5.96. The molecule has 0 heterocycles. The Kier molecular flexibility index (Phi) is 8.22. The molecule has 0 saturated carbocycles. The fraction of sp³-hybridized carbons (Fsp3) is 0.259. The average Bonchev–Trinajstić information content (AvgIpc) is 2.80. The molecule has 172 valence electrons. The molecule has 3 aromatic carbocycles. The topological polar surface area (TPSA) is 84.9 Å². The lowest BCUT2D eigenvalue weighted by Crippen LogP contribution is -2.29. The average molecular weight is 448 g/mol. The van der Waals surface area contributed by atoms with Gasteiger partial charge in [-0.2, -0.15) is 0 Å². The summed E-state index contributed by atoms with van der Waals surface area (Å²) in [5, 5.41) is 14.5. The third kappa shape index (κ3) is 6.67. The van der Waals surface area contributed by atoms with Crippen molar-refractivity contribution in [2.75, 3.05) is 7.11 Å². The predicted octanol–water partition coefficient (Wildman–Crippen LogP) is 4.60. The Bertz CT molecular complexity index is 1150. The number of benzene rings is 3. The highest BCUT2D eigenvalue weighted by Crippen LogP contribution is 2.22. The van der Waals surface area contributed by atoms with Crippen LogP contribution in [0.25, 0.3) is 16.8 Å². The number of ether oxygens (including phenoxy) is 2. The number of hydrogen-bond donors (Lipinski definition) is 2.